The standard InChI is InChI=1S/C13H19NO2/c1-4-5-8-14-10-11-6-7-12(15-2)9-13(11)16-3/h4-7,9,14H,8,10H2,1-3H3/b5-4+. The average Bonchev–Trinajstić information content (AvgIpc) is 2.34. The second-order valence-electron chi connectivity index (χ2n) is 3.38. The third-order valence-electron chi connectivity index (χ3n) is 2.31. The van der Waals surface area contributed by atoms with E-state index in [4.69, 9.17) is 9.47 Å². The van der Waals surface area contributed by atoms with Crippen LogP contribution in [0.2, 0.25) is 0 Å². The molecule has 1 aromatic carbocycles. The third-order valence-corrected chi connectivity index (χ3v) is 2.31. The van der Waals surface area contributed by atoms with Crippen molar-refractivity contribution in [1.82, 2.24) is 5.32 Å². The Bertz CT molecular complexity index is 348. The molecule has 0 spiro atoms. The van der Waals surface area contributed by atoms with Gasteiger partial charge in [-0.15, -0.1) is 0 Å². The van der Waals surface area contributed by atoms with E-state index in [0.29, 0.717) is 0 Å². The van der Waals surface area contributed by atoms with Crippen LogP contribution in [0.5, 0.6) is 11.5 Å². The van der Waals surface area contributed by atoms with E-state index in [-0.39, 0.29) is 0 Å². The molecule has 0 heterocycles. The van der Waals surface area contributed by atoms with Crippen LogP contribution >= 0.6 is 0 Å². The predicted molar refractivity (Wildman–Crippen MR) is 66.1 cm³/mol. The lowest BCUT2D eigenvalue weighted by molar-refractivity contribution is 0.390. The van der Waals surface area contributed by atoms with E-state index in [1.165, 1.54) is 0 Å². The third kappa shape index (κ3) is 3.59. The lowest BCUT2D eigenvalue weighted by Crippen LogP contribution is -2.13. The molecule has 0 aliphatic heterocycles. The second kappa shape index (κ2) is 6.90. The smallest absolute Gasteiger partial charge is 0.127 e. The first kappa shape index (κ1) is 12.6. The van der Waals surface area contributed by atoms with Crippen molar-refractivity contribution in [3.8, 4) is 11.5 Å². The normalized spacial score (nSPS) is 10.7. The summed E-state index contributed by atoms with van der Waals surface area (Å²) >= 11 is 0. The van der Waals surface area contributed by atoms with Crippen molar-refractivity contribution < 1.29 is 9.47 Å². The minimum Gasteiger partial charge on any atom is -0.497 e. The molecular weight excluding hydrogens is 202 g/mol. The number of rotatable bonds is 6. The van der Waals surface area contributed by atoms with Crippen LogP contribution in [0.4, 0.5) is 0 Å². The van der Waals surface area contributed by atoms with Crippen LogP contribution < -0.4 is 14.8 Å². The van der Waals surface area contributed by atoms with Crippen molar-refractivity contribution in [3.63, 3.8) is 0 Å². The van der Waals surface area contributed by atoms with E-state index in [2.05, 4.69) is 11.4 Å². The Kier molecular flexibility index (Phi) is 5.43. The molecule has 0 aromatic heterocycles. The van der Waals surface area contributed by atoms with E-state index >= 15 is 0 Å². The topological polar surface area (TPSA) is 30.5 Å². The number of ether oxygens (including phenoxy) is 2. The summed E-state index contributed by atoms with van der Waals surface area (Å²) in [4.78, 5) is 0. The van der Waals surface area contributed by atoms with Gasteiger partial charge in [-0.2, -0.15) is 0 Å². The Hall–Kier alpha value is -1.48. The number of nitrogens with one attached hydrogen (secondary N) is 1. The average molecular weight is 221 g/mol. The van der Waals surface area contributed by atoms with E-state index in [9.17, 15) is 0 Å². The van der Waals surface area contributed by atoms with Gasteiger partial charge in [0.05, 0.1) is 14.2 Å². The second-order valence-corrected chi connectivity index (χ2v) is 3.38. The van der Waals surface area contributed by atoms with Crippen LogP contribution in [0.1, 0.15) is 12.5 Å². The minimum absolute atomic E-state index is 0.789. The van der Waals surface area contributed by atoms with Crippen molar-refractivity contribution in [2.24, 2.45) is 0 Å². The monoisotopic (exact) mass is 221 g/mol. The zero-order chi connectivity index (χ0) is 11.8. The minimum atomic E-state index is 0.789. The lowest BCUT2D eigenvalue weighted by atomic mass is 10.2. The Morgan fingerprint density at radius 2 is 2.06 bits per heavy atom. The SMILES string of the molecule is C/C=C/CNCc1ccc(OC)cc1OC. The van der Waals surface area contributed by atoms with Crippen molar-refractivity contribution in [2.75, 3.05) is 20.8 Å². The van der Waals surface area contributed by atoms with Crippen LogP contribution in [0, 0.1) is 0 Å². The molecule has 0 fully saturated rings. The summed E-state index contributed by atoms with van der Waals surface area (Å²) in [6, 6.07) is 5.85. The molecule has 88 valence electrons. The molecule has 0 saturated heterocycles. The van der Waals surface area contributed by atoms with E-state index in [1.54, 1.807) is 14.2 Å². The molecule has 0 saturated carbocycles. The van der Waals surface area contributed by atoms with E-state index in [0.717, 1.165) is 30.2 Å². The Morgan fingerprint density at radius 1 is 1.25 bits per heavy atom. The van der Waals surface area contributed by atoms with Crippen LogP contribution in [0.15, 0.2) is 30.4 Å². The van der Waals surface area contributed by atoms with E-state index < -0.39 is 0 Å². The van der Waals surface area contributed by atoms with Gasteiger partial charge in [0.2, 0.25) is 0 Å². The highest BCUT2D eigenvalue weighted by Gasteiger charge is 2.03. The summed E-state index contributed by atoms with van der Waals surface area (Å²) in [6.45, 7) is 3.67. The molecule has 0 unspecified atom stereocenters. The quantitative estimate of drug-likeness (QED) is 0.591. The lowest BCUT2D eigenvalue weighted by Gasteiger charge is -2.10. The fourth-order valence-electron chi connectivity index (χ4n) is 1.41. The predicted octanol–water partition coefficient (Wildman–Crippen LogP) is 2.37. The molecule has 0 amide bonds. The zero-order valence-corrected chi connectivity index (χ0v) is 10.1. The first-order valence-electron chi connectivity index (χ1n) is 5.34. The number of benzene rings is 1. The van der Waals surface area contributed by atoms with Crippen LogP contribution in [-0.4, -0.2) is 20.8 Å². The maximum absolute atomic E-state index is 5.31. The molecule has 0 atom stereocenters. The number of methoxy groups -OCH3 is 2. The molecule has 1 rings (SSSR count). The first-order valence-corrected chi connectivity index (χ1v) is 5.34. The maximum atomic E-state index is 5.31. The summed E-state index contributed by atoms with van der Waals surface area (Å²) in [7, 11) is 3.32. The van der Waals surface area contributed by atoms with Gasteiger partial charge in [-0.25, -0.2) is 0 Å². The summed E-state index contributed by atoms with van der Waals surface area (Å²) in [5.74, 6) is 1.67. The summed E-state index contributed by atoms with van der Waals surface area (Å²) in [6.07, 6.45) is 4.11. The molecule has 1 aromatic rings. The summed E-state index contributed by atoms with van der Waals surface area (Å²) < 4.78 is 10.4. The molecule has 0 bridgehead atoms. The van der Waals surface area contributed by atoms with Crippen molar-refractivity contribution in [2.45, 2.75) is 13.5 Å². The largest absolute Gasteiger partial charge is 0.497 e. The summed E-state index contributed by atoms with van der Waals surface area (Å²) in [5.41, 5.74) is 1.13. The van der Waals surface area contributed by atoms with E-state index in [1.807, 2.05) is 31.2 Å². The van der Waals surface area contributed by atoms with Gasteiger partial charge in [0.25, 0.3) is 0 Å². The number of hydrogen-bond acceptors (Lipinski definition) is 3. The fourth-order valence-corrected chi connectivity index (χ4v) is 1.41. The molecule has 0 radical (unpaired) electrons. The fraction of sp³-hybridized carbons (Fsp3) is 0.385. The maximum Gasteiger partial charge on any atom is 0.127 e. The molecule has 0 aliphatic rings. The molecule has 16 heavy (non-hydrogen) atoms. The van der Waals surface area contributed by atoms with Gasteiger partial charge >= 0.3 is 0 Å². The van der Waals surface area contributed by atoms with Crippen LogP contribution in [-0.2, 0) is 6.54 Å². The zero-order valence-electron chi connectivity index (χ0n) is 10.1. The van der Waals surface area contributed by atoms with Gasteiger partial charge < -0.3 is 14.8 Å². The van der Waals surface area contributed by atoms with Crippen molar-refractivity contribution >= 4 is 0 Å². The first-order chi connectivity index (χ1) is 7.81. The van der Waals surface area contributed by atoms with Crippen LogP contribution in [0.3, 0.4) is 0 Å². The van der Waals surface area contributed by atoms with Crippen molar-refractivity contribution in [1.29, 1.82) is 0 Å². The highest BCUT2D eigenvalue weighted by atomic mass is 16.5. The molecule has 0 aliphatic carbocycles. The van der Waals surface area contributed by atoms with Crippen molar-refractivity contribution in [3.05, 3.63) is 35.9 Å². The van der Waals surface area contributed by atoms with Crippen LogP contribution in [0.25, 0.3) is 0 Å². The van der Waals surface area contributed by atoms with Gasteiger partial charge in [-0.1, -0.05) is 18.2 Å². The highest BCUT2D eigenvalue weighted by molar-refractivity contribution is 5.40. The Labute approximate surface area is 97.1 Å². The van der Waals surface area contributed by atoms with Gasteiger partial charge in [-0.05, 0) is 13.0 Å². The number of allylic oxidation sites excluding steroid dienone is 1. The Morgan fingerprint density at radius 3 is 2.69 bits per heavy atom. The number of hydrogen-bond donors (Lipinski definition) is 1. The molecular formula is C13H19NO2. The van der Waals surface area contributed by atoms with Gasteiger partial charge in [-0.3, -0.25) is 0 Å². The highest BCUT2D eigenvalue weighted by Crippen LogP contribution is 2.24. The molecule has 1 N–H and O–H groups in total. The Balaban J connectivity index is 2.64. The summed E-state index contributed by atoms with van der Waals surface area (Å²) in [5, 5.41) is 3.31. The molecule has 3 nitrogen and oxygen atoms in total. The van der Waals surface area contributed by atoms with Gasteiger partial charge in [0, 0.05) is 24.7 Å². The molecule has 3 heteroatoms. The van der Waals surface area contributed by atoms with Gasteiger partial charge in [0.15, 0.2) is 0 Å². The van der Waals surface area contributed by atoms with Gasteiger partial charge in [0.1, 0.15) is 11.5 Å².